The number of rotatable bonds is 2. The number of piperidine rings is 1. The van der Waals surface area contributed by atoms with Gasteiger partial charge in [0.15, 0.2) is 0 Å². The van der Waals surface area contributed by atoms with Crippen LogP contribution in [0.4, 0.5) is 0 Å². The molecule has 3 aliphatic rings. The van der Waals surface area contributed by atoms with Crippen molar-refractivity contribution in [2.24, 2.45) is 18.4 Å². The highest BCUT2D eigenvalue weighted by atomic mass is 16.2. The average Bonchev–Trinajstić information content (AvgIpc) is 2.87. The lowest BCUT2D eigenvalue weighted by atomic mass is 9.91. The molecule has 1 amide bonds. The maximum absolute atomic E-state index is 12.7. The number of hydrogen-bond donors (Lipinski definition) is 1. The predicted molar refractivity (Wildman–Crippen MR) is 79.8 cm³/mol. The standard InChI is InChI=1S/C16H24N4O/c1-19-10-13(9-18-19)12-2-7-20(11-12)15(21)14-8-16(14)3-5-17-6-4-16/h9-10,12,14,17H,2-8,11H2,1H3. The zero-order valence-corrected chi connectivity index (χ0v) is 12.7. The molecule has 5 nitrogen and oxygen atoms in total. The summed E-state index contributed by atoms with van der Waals surface area (Å²) in [5.74, 6) is 1.21. The lowest BCUT2D eigenvalue weighted by molar-refractivity contribution is -0.132. The molecule has 3 heterocycles. The fourth-order valence-corrected chi connectivity index (χ4v) is 4.28. The maximum atomic E-state index is 12.7. The quantitative estimate of drug-likeness (QED) is 0.887. The molecule has 1 saturated carbocycles. The van der Waals surface area contributed by atoms with E-state index in [0.29, 0.717) is 23.2 Å². The lowest BCUT2D eigenvalue weighted by Gasteiger charge is -2.25. The van der Waals surface area contributed by atoms with Crippen molar-refractivity contribution < 1.29 is 4.79 Å². The second kappa shape index (κ2) is 4.83. The molecule has 1 aromatic rings. The minimum atomic E-state index is 0.312. The van der Waals surface area contributed by atoms with Crippen molar-refractivity contribution in [2.45, 2.75) is 31.6 Å². The molecule has 0 aromatic carbocycles. The Hall–Kier alpha value is -1.36. The van der Waals surface area contributed by atoms with E-state index in [9.17, 15) is 4.79 Å². The van der Waals surface area contributed by atoms with Crippen LogP contribution in [-0.2, 0) is 11.8 Å². The Morgan fingerprint density at radius 2 is 2.24 bits per heavy atom. The third-order valence-corrected chi connectivity index (χ3v) is 5.78. The van der Waals surface area contributed by atoms with Gasteiger partial charge in [0.25, 0.3) is 0 Å². The van der Waals surface area contributed by atoms with Crippen LogP contribution in [0.1, 0.15) is 37.2 Å². The molecule has 1 spiro atoms. The van der Waals surface area contributed by atoms with Gasteiger partial charge in [-0.25, -0.2) is 0 Å². The summed E-state index contributed by atoms with van der Waals surface area (Å²) in [6, 6.07) is 0. The van der Waals surface area contributed by atoms with Crippen molar-refractivity contribution in [3.8, 4) is 0 Å². The first-order chi connectivity index (χ1) is 10.2. The summed E-state index contributed by atoms with van der Waals surface area (Å²) < 4.78 is 1.85. The minimum absolute atomic E-state index is 0.312. The molecule has 2 aliphatic heterocycles. The molecule has 5 heteroatoms. The smallest absolute Gasteiger partial charge is 0.226 e. The largest absolute Gasteiger partial charge is 0.342 e. The number of amides is 1. The van der Waals surface area contributed by atoms with Crippen molar-refractivity contribution in [3.63, 3.8) is 0 Å². The van der Waals surface area contributed by atoms with Crippen LogP contribution in [0.5, 0.6) is 0 Å². The van der Waals surface area contributed by atoms with E-state index in [0.717, 1.165) is 39.0 Å². The average molecular weight is 288 g/mol. The zero-order valence-electron chi connectivity index (χ0n) is 12.7. The first-order valence-corrected chi connectivity index (χ1v) is 8.16. The van der Waals surface area contributed by atoms with E-state index in [1.807, 2.05) is 17.9 Å². The molecule has 21 heavy (non-hydrogen) atoms. The number of hydrogen-bond acceptors (Lipinski definition) is 3. The molecule has 0 radical (unpaired) electrons. The van der Waals surface area contributed by atoms with Gasteiger partial charge in [0.05, 0.1) is 6.20 Å². The van der Waals surface area contributed by atoms with Crippen LogP contribution in [0.3, 0.4) is 0 Å². The van der Waals surface area contributed by atoms with E-state index < -0.39 is 0 Å². The fourth-order valence-electron chi connectivity index (χ4n) is 4.28. The van der Waals surface area contributed by atoms with E-state index >= 15 is 0 Å². The normalized spacial score (nSPS) is 30.8. The van der Waals surface area contributed by atoms with Crippen molar-refractivity contribution >= 4 is 5.91 Å². The molecule has 2 saturated heterocycles. The van der Waals surface area contributed by atoms with Gasteiger partial charge in [-0.15, -0.1) is 0 Å². The second-order valence-corrected chi connectivity index (χ2v) is 7.09. The highest BCUT2D eigenvalue weighted by Crippen LogP contribution is 2.59. The Kier molecular flexibility index (Phi) is 3.06. The molecule has 1 N–H and O–H groups in total. The van der Waals surface area contributed by atoms with Crippen LogP contribution in [0.25, 0.3) is 0 Å². The third-order valence-electron chi connectivity index (χ3n) is 5.78. The van der Waals surface area contributed by atoms with Crippen LogP contribution in [-0.4, -0.2) is 46.8 Å². The fraction of sp³-hybridized carbons (Fsp3) is 0.750. The second-order valence-electron chi connectivity index (χ2n) is 7.09. The Balaban J connectivity index is 1.39. The number of carbonyl (C=O) groups excluding carboxylic acids is 1. The number of nitrogens with zero attached hydrogens (tertiary/aromatic N) is 3. The highest BCUT2D eigenvalue weighted by Gasteiger charge is 2.58. The van der Waals surface area contributed by atoms with Gasteiger partial charge < -0.3 is 10.2 Å². The number of aryl methyl sites for hydroxylation is 1. The van der Waals surface area contributed by atoms with E-state index in [-0.39, 0.29) is 0 Å². The highest BCUT2D eigenvalue weighted by molar-refractivity contribution is 5.83. The summed E-state index contributed by atoms with van der Waals surface area (Å²) in [6.07, 6.45) is 8.61. The molecule has 2 atom stereocenters. The van der Waals surface area contributed by atoms with Crippen molar-refractivity contribution in [3.05, 3.63) is 18.0 Å². The number of nitrogens with one attached hydrogen (secondary N) is 1. The Morgan fingerprint density at radius 3 is 2.95 bits per heavy atom. The SMILES string of the molecule is Cn1cc(C2CCN(C(=O)C3CC34CCNCC4)C2)cn1. The Bertz CT molecular complexity index is 546. The predicted octanol–water partition coefficient (Wildman–Crippen LogP) is 1.13. The topological polar surface area (TPSA) is 50.2 Å². The maximum Gasteiger partial charge on any atom is 0.226 e. The molecule has 2 unspecified atom stereocenters. The van der Waals surface area contributed by atoms with Crippen LogP contribution in [0.2, 0.25) is 0 Å². The van der Waals surface area contributed by atoms with E-state index in [1.165, 1.54) is 18.4 Å². The molecule has 3 fully saturated rings. The van der Waals surface area contributed by atoms with Gasteiger partial charge in [0.2, 0.25) is 5.91 Å². The number of carbonyl (C=O) groups is 1. The molecule has 1 aliphatic carbocycles. The van der Waals surface area contributed by atoms with Gasteiger partial charge in [-0.2, -0.15) is 5.10 Å². The van der Waals surface area contributed by atoms with Crippen LogP contribution < -0.4 is 5.32 Å². The first-order valence-electron chi connectivity index (χ1n) is 8.16. The molecule has 4 rings (SSSR count). The van der Waals surface area contributed by atoms with E-state index in [2.05, 4.69) is 21.5 Å². The van der Waals surface area contributed by atoms with Crippen molar-refractivity contribution in [1.82, 2.24) is 20.0 Å². The first kappa shape index (κ1) is 13.3. The summed E-state index contributed by atoms with van der Waals surface area (Å²) in [5, 5.41) is 7.66. The summed E-state index contributed by atoms with van der Waals surface area (Å²) in [4.78, 5) is 14.9. The van der Waals surface area contributed by atoms with Gasteiger partial charge in [0, 0.05) is 38.2 Å². The minimum Gasteiger partial charge on any atom is -0.342 e. The molecular formula is C16H24N4O. The Morgan fingerprint density at radius 1 is 1.43 bits per heavy atom. The number of aromatic nitrogens is 2. The van der Waals surface area contributed by atoms with Crippen LogP contribution >= 0.6 is 0 Å². The van der Waals surface area contributed by atoms with Crippen molar-refractivity contribution in [1.29, 1.82) is 0 Å². The zero-order chi connectivity index (χ0) is 14.4. The number of likely N-dealkylation sites (tertiary alicyclic amines) is 1. The third kappa shape index (κ3) is 2.27. The molecule has 0 bridgehead atoms. The summed E-state index contributed by atoms with van der Waals surface area (Å²) in [5.41, 5.74) is 1.63. The summed E-state index contributed by atoms with van der Waals surface area (Å²) in [6.45, 7) is 3.97. The van der Waals surface area contributed by atoms with Crippen molar-refractivity contribution in [2.75, 3.05) is 26.2 Å². The van der Waals surface area contributed by atoms with E-state index in [4.69, 9.17) is 0 Å². The summed E-state index contributed by atoms with van der Waals surface area (Å²) >= 11 is 0. The molecule has 1 aromatic heterocycles. The molecular weight excluding hydrogens is 264 g/mol. The van der Waals surface area contributed by atoms with E-state index in [1.54, 1.807) is 0 Å². The lowest BCUT2D eigenvalue weighted by Crippen LogP contribution is -2.35. The summed E-state index contributed by atoms with van der Waals surface area (Å²) in [7, 11) is 1.95. The van der Waals surface area contributed by atoms with Crippen LogP contribution in [0.15, 0.2) is 12.4 Å². The van der Waals surface area contributed by atoms with Crippen LogP contribution in [0, 0.1) is 11.3 Å². The molecule has 114 valence electrons. The Labute approximate surface area is 125 Å². The van der Waals surface area contributed by atoms with Gasteiger partial charge in [-0.3, -0.25) is 9.48 Å². The van der Waals surface area contributed by atoms with Gasteiger partial charge in [0.1, 0.15) is 0 Å². The van der Waals surface area contributed by atoms with Gasteiger partial charge in [-0.1, -0.05) is 0 Å². The van der Waals surface area contributed by atoms with Gasteiger partial charge >= 0.3 is 0 Å². The van der Waals surface area contributed by atoms with Gasteiger partial charge in [-0.05, 0) is 49.8 Å². The monoisotopic (exact) mass is 288 g/mol.